The van der Waals surface area contributed by atoms with Crippen molar-refractivity contribution in [2.75, 3.05) is 38.0 Å². The van der Waals surface area contributed by atoms with E-state index >= 15 is 0 Å². The van der Waals surface area contributed by atoms with Crippen LogP contribution in [0.4, 0.5) is 5.69 Å². The van der Waals surface area contributed by atoms with Crippen molar-refractivity contribution in [2.45, 2.75) is 83.8 Å². The van der Waals surface area contributed by atoms with Gasteiger partial charge in [-0.1, -0.05) is 23.7 Å². The summed E-state index contributed by atoms with van der Waals surface area (Å²) in [6.45, 7) is 10.3. The number of fused-ring (bicyclic) bond motifs is 4. The highest BCUT2D eigenvalue weighted by Crippen LogP contribution is 2.40. The quantitative estimate of drug-likeness (QED) is 0.221. The van der Waals surface area contributed by atoms with E-state index in [0.29, 0.717) is 29.9 Å². The fraction of sp³-hybridized carbons (Fsp3) is 0.442. The molecule has 0 bridgehead atoms. The third-order valence-electron chi connectivity index (χ3n) is 12.5. The van der Waals surface area contributed by atoms with E-state index < -0.39 is 35.7 Å². The second-order valence-corrected chi connectivity index (χ2v) is 18.0. The molecule has 3 saturated heterocycles. The van der Waals surface area contributed by atoms with E-state index in [2.05, 4.69) is 44.1 Å². The molecule has 2 N–H and O–H groups in total. The first-order valence-corrected chi connectivity index (χ1v) is 21.6. The van der Waals surface area contributed by atoms with Crippen molar-refractivity contribution in [3.05, 3.63) is 91.8 Å². The van der Waals surface area contributed by atoms with Crippen LogP contribution in [-0.4, -0.2) is 110 Å². The molecule has 3 atom stereocenters. The number of hydrogen-bond donors (Lipinski definition) is 2. The van der Waals surface area contributed by atoms with Crippen LogP contribution in [-0.2, 0) is 14.4 Å². The number of aromatic nitrogens is 3. The number of piperidine rings is 3. The third-order valence-corrected chi connectivity index (χ3v) is 14.0. The number of thiophene rings is 1. The first-order valence-electron chi connectivity index (χ1n) is 20.4. The van der Waals surface area contributed by atoms with Crippen molar-refractivity contribution in [1.29, 1.82) is 0 Å². The molecule has 306 valence electrons. The van der Waals surface area contributed by atoms with E-state index in [1.54, 1.807) is 23.5 Å². The largest absolute Gasteiger partial charge is 0.381 e. The van der Waals surface area contributed by atoms with Crippen LogP contribution in [0.3, 0.4) is 0 Å². The van der Waals surface area contributed by atoms with Gasteiger partial charge in [-0.25, -0.2) is 0 Å². The Morgan fingerprint density at radius 3 is 2.46 bits per heavy atom. The van der Waals surface area contributed by atoms with E-state index in [1.807, 2.05) is 42.2 Å². The van der Waals surface area contributed by atoms with Gasteiger partial charge in [0.05, 0.1) is 23.3 Å². The zero-order chi connectivity index (χ0) is 41.1. The van der Waals surface area contributed by atoms with Gasteiger partial charge in [0.2, 0.25) is 17.7 Å². The maximum absolute atomic E-state index is 14.1. The Balaban J connectivity index is 0.820. The van der Waals surface area contributed by atoms with Crippen molar-refractivity contribution in [3.63, 3.8) is 0 Å². The molecule has 4 aromatic rings. The molecule has 0 saturated carbocycles. The molecule has 5 aliphatic rings. The van der Waals surface area contributed by atoms with Gasteiger partial charge < -0.3 is 15.1 Å². The zero-order valence-corrected chi connectivity index (χ0v) is 34.9. The number of aryl methyl sites for hydroxylation is 2. The topological polar surface area (TPSA) is 162 Å². The highest BCUT2D eigenvalue weighted by Gasteiger charge is 2.45. The van der Waals surface area contributed by atoms with Crippen LogP contribution in [0.1, 0.15) is 105 Å². The number of carbonyl (C=O) groups is 5. The van der Waals surface area contributed by atoms with Crippen molar-refractivity contribution < 1.29 is 24.0 Å². The normalized spacial score (nSPS) is 22.4. The SMILES string of the molecule is Cc1sc2c(c1C)C(c1ccc(Cl)cc1)=N[C@@H](CC(=O)N1CCC(CN3CCC[C@H](Nc4ccc5c(c4)C(=O)N(C4CCC(=O)NC4=O)C5=O)C3)CC1)c1nnc(C)n1-2. The van der Waals surface area contributed by atoms with Gasteiger partial charge in [-0.3, -0.25) is 43.7 Å². The Morgan fingerprint density at radius 2 is 1.69 bits per heavy atom. The molecule has 2 aromatic heterocycles. The van der Waals surface area contributed by atoms with Crippen LogP contribution in [0.2, 0.25) is 5.02 Å². The average molecular weight is 836 g/mol. The molecule has 5 aliphatic heterocycles. The molecule has 3 fully saturated rings. The number of nitrogens with one attached hydrogen (secondary N) is 2. The van der Waals surface area contributed by atoms with Crippen LogP contribution in [0, 0.1) is 26.7 Å². The maximum atomic E-state index is 14.1. The molecule has 0 aliphatic carbocycles. The lowest BCUT2D eigenvalue weighted by molar-refractivity contribution is -0.136. The maximum Gasteiger partial charge on any atom is 0.262 e. The summed E-state index contributed by atoms with van der Waals surface area (Å²) < 4.78 is 2.08. The highest BCUT2D eigenvalue weighted by molar-refractivity contribution is 7.15. The Hall–Kier alpha value is -5.25. The molecule has 0 spiro atoms. The molecular weight excluding hydrogens is 790 g/mol. The summed E-state index contributed by atoms with van der Waals surface area (Å²) in [4.78, 5) is 76.7. The Bertz CT molecular complexity index is 2420. The third kappa shape index (κ3) is 7.37. The van der Waals surface area contributed by atoms with Crippen molar-refractivity contribution in [1.82, 2.24) is 34.8 Å². The molecule has 14 nitrogen and oxygen atoms in total. The van der Waals surface area contributed by atoms with Crippen LogP contribution in [0.15, 0.2) is 47.5 Å². The summed E-state index contributed by atoms with van der Waals surface area (Å²) in [7, 11) is 0. The Kier molecular flexibility index (Phi) is 10.5. The number of hydrogen-bond acceptors (Lipinski definition) is 11. The highest BCUT2D eigenvalue weighted by atomic mass is 35.5. The molecule has 9 rings (SSSR count). The average Bonchev–Trinajstić information content (AvgIpc) is 3.79. The first kappa shape index (κ1) is 39.2. The number of amides is 5. The van der Waals surface area contributed by atoms with Crippen molar-refractivity contribution >= 4 is 63.9 Å². The van der Waals surface area contributed by atoms with Gasteiger partial charge >= 0.3 is 0 Å². The van der Waals surface area contributed by atoms with Crippen LogP contribution in [0.25, 0.3) is 5.00 Å². The van der Waals surface area contributed by atoms with Gasteiger partial charge in [-0.05, 0) is 101 Å². The monoisotopic (exact) mass is 835 g/mol. The molecule has 59 heavy (non-hydrogen) atoms. The van der Waals surface area contributed by atoms with E-state index in [-0.39, 0.29) is 42.3 Å². The smallest absolute Gasteiger partial charge is 0.262 e. The lowest BCUT2D eigenvalue weighted by Crippen LogP contribution is -2.54. The lowest BCUT2D eigenvalue weighted by Gasteiger charge is -2.38. The van der Waals surface area contributed by atoms with Gasteiger partial charge in [0.25, 0.3) is 11.8 Å². The predicted octanol–water partition coefficient (Wildman–Crippen LogP) is 5.41. The van der Waals surface area contributed by atoms with E-state index in [9.17, 15) is 24.0 Å². The summed E-state index contributed by atoms with van der Waals surface area (Å²) in [5, 5.41) is 16.5. The van der Waals surface area contributed by atoms with Gasteiger partial charge in [0.1, 0.15) is 22.9 Å². The van der Waals surface area contributed by atoms with E-state index in [0.717, 1.165) is 89.1 Å². The molecular formula is C43H46ClN9O5S. The summed E-state index contributed by atoms with van der Waals surface area (Å²) in [5.74, 6) is -0.0702. The fourth-order valence-corrected chi connectivity index (χ4v) is 10.6. The molecule has 0 radical (unpaired) electrons. The number of nitrogens with zero attached hydrogens (tertiary/aromatic N) is 7. The van der Waals surface area contributed by atoms with Crippen LogP contribution >= 0.6 is 22.9 Å². The standard InChI is InChI=1S/C43H46ClN9O5S/c1-23-24(2)59-43-37(23)38(27-6-8-28(44)9-7-27)46-33(39-49-48-25(3)52(39)43)20-36(55)51-17-14-26(15-18-51)21-50-16-4-5-30(22-50)45-29-10-11-31-32(19-29)42(58)53(41(31)57)34-12-13-35(54)47-40(34)56/h6-11,19,26,30,33-34,45H,4-5,12-18,20-22H2,1-3H3,(H,47,54,56)/t30-,33-,34?/m0/s1. The van der Waals surface area contributed by atoms with Crippen molar-refractivity contribution in [3.8, 4) is 5.00 Å². The molecule has 2 aromatic carbocycles. The Labute approximate surface area is 351 Å². The summed E-state index contributed by atoms with van der Waals surface area (Å²) in [6, 6.07) is 11.5. The second kappa shape index (κ2) is 15.7. The number of halogens is 1. The number of imide groups is 2. The summed E-state index contributed by atoms with van der Waals surface area (Å²) in [6.07, 6.45) is 4.23. The van der Waals surface area contributed by atoms with Gasteiger partial charge in [-0.2, -0.15) is 0 Å². The minimum atomic E-state index is -0.991. The molecule has 1 unspecified atom stereocenters. The van der Waals surface area contributed by atoms with Crippen LogP contribution < -0.4 is 10.6 Å². The Morgan fingerprint density at radius 1 is 0.932 bits per heavy atom. The number of benzene rings is 2. The van der Waals surface area contributed by atoms with Crippen LogP contribution in [0.5, 0.6) is 0 Å². The van der Waals surface area contributed by atoms with Gasteiger partial charge in [-0.15, -0.1) is 21.5 Å². The first-order chi connectivity index (χ1) is 28.4. The summed E-state index contributed by atoms with van der Waals surface area (Å²) in [5.41, 5.74) is 5.27. The van der Waals surface area contributed by atoms with E-state index in [4.69, 9.17) is 16.6 Å². The predicted molar refractivity (Wildman–Crippen MR) is 223 cm³/mol. The minimum Gasteiger partial charge on any atom is -0.381 e. The van der Waals surface area contributed by atoms with Crippen molar-refractivity contribution in [2.24, 2.45) is 10.9 Å². The number of aliphatic imine (C=N–C) groups is 1. The summed E-state index contributed by atoms with van der Waals surface area (Å²) >= 11 is 7.98. The molecule has 16 heteroatoms. The number of anilines is 1. The lowest BCUT2D eigenvalue weighted by atomic mass is 9.94. The fourth-order valence-electron chi connectivity index (χ4n) is 9.29. The minimum absolute atomic E-state index is 0.0648. The number of rotatable bonds is 8. The van der Waals surface area contributed by atoms with E-state index in [1.165, 1.54) is 4.88 Å². The number of likely N-dealkylation sites (tertiary alicyclic amines) is 2. The molecule has 5 amide bonds. The van der Waals surface area contributed by atoms with Gasteiger partial charge in [0.15, 0.2) is 5.82 Å². The number of carbonyl (C=O) groups excluding carboxylic acids is 5. The molecule has 7 heterocycles. The zero-order valence-electron chi connectivity index (χ0n) is 33.3. The van der Waals surface area contributed by atoms with Gasteiger partial charge in [0, 0.05) is 65.4 Å². The second-order valence-electron chi connectivity index (χ2n) is 16.4.